The third-order valence-electron chi connectivity index (χ3n) is 5.23. The van der Waals surface area contributed by atoms with Crippen molar-refractivity contribution in [3.8, 4) is 0 Å². The molecule has 2 atom stereocenters. The SMILES string of the molecule is O=C([C@H]1CCOC1)N1CC2(C[C@@H](OCc3ccncc3)CCO2)C1. The van der Waals surface area contributed by atoms with Gasteiger partial charge >= 0.3 is 0 Å². The van der Waals surface area contributed by atoms with E-state index < -0.39 is 0 Å². The quantitative estimate of drug-likeness (QED) is 0.834. The predicted molar refractivity (Wildman–Crippen MR) is 86.2 cm³/mol. The highest BCUT2D eigenvalue weighted by Gasteiger charge is 2.50. The summed E-state index contributed by atoms with van der Waals surface area (Å²) in [6.45, 7) is 3.97. The minimum Gasteiger partial charge on any atom is -0.381 e. The second-order valence-electron chi connectivity index (χ2n) is 7.07. The standard InChI is InChI=1S/C18H24N2O4/c21-17(15-3-7-22-11-15)20-12-18(13-20)9-16(4-8-24-18)23-10-14-1-5-19-6-2-14/h1-2,5-6,15-16H,3-4,7-13H2/t15-,16-/m0/s1. The maximum Gasteiger partial charge on any atom is 0.228 e. The van der Waals surface area contributed by atoms with Crippen LogP contribution >= 0.6 is 0 Å². The molecule has 1 aromatic heterocycles. The van der Waals surface area contributed by atoms with E-state index in [1.54, 1.807) is 12.4 Å². The Balaban J connectivity index is 1.27. The first-order valence-electron chi connectivity index (χ1n) is 8.75. The number of aromatic nitrogens is 1. The molecule has 0 bridgehead atoms. The summed E-state index contributed by atoms with van der Waals surface area (Å²) in [5.74, 6) is 0.270. The highest BCUT2D eigenvalue weighted by atomic mass is 16.5. The van der Waals surface area contributed by atoms with Gasteiger partial charge in [0.2, 0.25) is 5.91 Å². The Morgan fingerprint density at radius 2 is 2.12 bits per heavy atom. The number of pyridine rings is 1. The van der Waals surface area contributed by atoms with Gasteiger partial charge in [0.05, 0.1) is 38.3 Å². The second kappa shape index (κ2) is 6.78. The molecular weight excluding hydrogens is 308 g/mol. The third-order valence-corrected chi connectivity index (χ3v) is 5.23. The Labute approximate surface area is 142 Å². The van der Waals surface area contributed by atoms with Crippen LogP contribution in [0.4, 0.5) is 0 Å². The summed E-state index contributed by atoms with van der Waals surface area (Å²) >= 11 is 0. The number of ether oxygens (including phenoxy) is 3. The predicted octanol–water partition coefficient (Wildman–Crippen LogP) is 1.39. The van der Waals surface area contributed by atoms with Crippen molar-refractivity contribution in [2.75, 3.05) is 32.9 Å². The Morgan fingerprint density at radius 3 is 2.88 bits per heavy atom. The molecule has 6 heteroatoms. The molecule has 0 saturated carbocycles. The van der Waals surface area contributed by atoms with Crippen LogP contribution in [0.2, 0.25) is 0 Å². The van der Waals surface area contributed by atoms with Gasteiger partial charge in [-0.25, -0.2) is 0 Å². The van der Waals surface area contributed by atoms with Crippen molar-refractivity contribution < 1.29 is 19.0 Å². The largest absolute Gasteiger partial charge is 0.381 e. The number of carbonyl (C=O) groups is 1. The maximum atomic E-state index is 12.4. The number of hydrogen-bond donors (Lipinski definition) is 0. The lowest BCUT2D eigenvalue weighted by Crippen LogP contribution is -2.68. The van der Waals surface area contributed by atoms with Crippen molar-refractivity contribution in [2.24, 2.45) is 5.92 Å². The van der Waals surface area contributed by atoms with E-state index in [0.717, 1.165) is 24.8 Å². The highest BCUT2D eigenvalue weighted by molar-refractivity contribution is 5.80. The van der Waals surface area contributed by atoms with Crippen molar-refractivity contribution in [1.82, 2.24) is 9.88 Å². The number of likely N-dealkylation sites (tertiary alicyclic amines) is 1. The van der Waals surface area contributed by atoms with Crippen LogP contribution in [0, 0.1) is 5.92 Å². The van der Waals surface area contributed by atoms with E-state index in [1.165, 1.54) is 0 Å². The first kappa shape index (κ1) is 16.0. The molecule has 3 fully saturated rings. The summed E-state index contributed by atoms with van der Waals surface area (Å²) in [5, 5.41) is 0. The fraction of sp³-hybridized carbons (Fsp3) is 0.667. The van der Waals surface area contributed by atoms with Gasteiger partial charge in [-0.05, 0) is 30.5 Å². The van der Waals surface area contributed by atoms with Crippen LogP contribution < -0.4 is 0 Å². The van der Waals surface area contributed by atoms with Gasteiger partial charge in [0.15, 0.2) is 0 Å². The smallest absolute Gasteiger partial charge is 0.228 e. The average Bonchev–Trinajstić information content (AvgIpc) is 3.13. The fourth-order valence-corrected chi connectivity index (χ4v) is 3.83. The number of amides is 1. The van der Waals surface area contributed by atoms with E-state index in [4.69, 9.17) is 14.2 Å². The molecule has 0 unspecified atom stereocenters. The molecule has 4 rings (SSSR count). The number of rotatable bonds is 4. The van der Waals surface area contributed by atoms with Crippen molar-refractivity contribution >= 4 is 5.91 Å². The van der Waals surface area contributed by atoms with Crippen LogP contribution in [0.5, 0.6) is 0 Å². The zero-order valence-electron chi connectivity index (χ0n) is 13.9. The van der Waals surface area contributed by atoms with Crippen LogP contribution in [-0.2, 0) is 25.6 Å². The Hall–Kier alpha value is -1.50. The molecule has 3 saturated heterocycles. The Kier molecular flexibility index (Phi) is 4.52. The van der Waals surface area contributed by atoms with Crippen molar-refractivity contribution in [3.63, 3.8) is 0 Å². The molecule has 6 nitrogen and oxygen atoms in total. The molecule has 24 heavy (non-hydrogen) atoms. The summed E-state index contributed by atoms with van der Waals surface area (Å²) in [4.78, 5) is 18.3. The minimum absolute atomic E-state index is 0.0460. The summed E-state index contributed by atoms with van der Waals surface area (Å²) in [6, 6.07) is 3.95. The molecule has 0 N–H and O–H groups in total. The van der Waals surface area contributed by atoms with E-state index in [0.29, 0.717) is 39.5 Å². The summed E-state index contributed by atoms with van der Waals surface area (Å²) in [6.07, 6.45) is 6.39. The highest BCUT2D eigenvalue weighted by Crippen LogP contribution is 2.36. The van der Waals surface area contributed by atoms with Crippen LogP contribution in [-0.4, -0.2) is 60.4 Å². The summed E-state index contributed by atoms with van der Waals surface area (Å²) in [7, 11) is 0. The molecule has 0 radical (unpaired) electrons. The first-order valence-corrected chi connectivity index (χ1v) is 8.75. The number of nitrogens with zero attached hydrogens (tertiary/aromatic N) is 2. The molecular formula is C18H24N2O4. The van der Waals surface area contributed by atoms with E-state index in [-0.39, 0.29) is 23.5 Å². The molecule has 0 aromatic carbocycles. The topological polar surface area (TPSA) is 60.9 Å². The molecule has 130 valence electrons. The molecule has 0 aliphatic carbocycles. The van der Waals surface area contributed by atoms with Crippen molar-refractivity contribution in [2.45, 2.75) is 37.6 Å². The Morgan fingerprint density at radius 1 is 1.29 bits per heavy atom. The molecule has 1 spiro atoms. The molecule has 3 aliphatic rings. The summed E-state index contributed by atoms with van der Waals surface area (Å²) in [5.41, 5.74) is 0.938. The zero-order chi connectivity index (χ0) is 16.4. The lowest BCUT2D eigenvalue weighted by Gasteiger charge is -2.53. The van der Waals surface area contributed by atoms with E-state index >= 15 is 0 Å². The van der Waals surface area contributed by atoms with Gasteiger partial charge in [0, 0.05) is 32.0 Å². The van der Waals surface area contributed by atoms with E-state index in [2.05, 4.69) is 4.98 Å². The lowest BCUT2D eigenvalue weighted by molar-refractivity contribution is -0.204. The lowest BCUT2D eigenvalue weighted by atomic mass is 9.84. The summed E-state index contributed by atoms with van der Waals surface area (Å²) < 4.78 is 17.4. The molecule has 1 amide bonds. The van der Waals surface area contributed by atoms with Gasteiger partial charge in [-0.1, -0.05) is 0 Å². The minimum atomic E-state index is -0.198. The van der Waals surface area contributed by atoms with Gasteiger partial charge in [0.1, 0.15) is 5.60 Å². The van der Waals surface area contributed by atoms with E-state index in [1.807, 2.05) is 17.0 Å². The van der Waals surface area contributed by atoms with Crippen LogP contribution in [0.25, 0.3) is 0 Å². The first-order chi connectivity index (χ1) is 11.7. The van der Waals surface area contributed by atoms with Gasteiger partial charge in [-0.2, -0.15) is 0 Å². The Bertz CT molecular complexity index is 568. The third kappa shape index (κ3) is 3.31. The molecule has 4 heterocycles. The monoisotopic (exact) mass is 332 g/mol. The number of carbonyl (C=O) groups excluding carboxylic acids is 1. The second-order valence-corrected chi connectivity index (χ2v) is 7.07. The van der Waals surface area contributed by atoms with Crippen molar-refractivity contribution in [1.29, 1.82) is 0 Å². The molecule has 1 aromatic rings. The van der Waals surface area contributed by atoms with Crippen LogP contribution in [0.1, 0.15) is 24.8 Å². The maximum absolute atomic E-state index is 12.4. The fourth-order valence-electron chi connectivity index (χ4n) is 3.83. The molecule has 3 aliphatic heterocycles. The average molecular weight is 332 g/mol. The van der Waals surface area contributed by atoms with Gasteiger partial charge < -0.3 is 19.1 Å². The normalized spacial score (nSPS) is 28.8. The van der Waals surface area contributed by atoms with E-state index in [9.17, 15) is 4.79 Å². The van der Waals surface area contributed by atoms with Crippen molar-refractivity contribution in [3.05, 3.63) is 30.1 Å². The van der Waals surface area contributed by atoms with Crippen LogP contribution in [0.15, 0.2) is 24.5 Å². The van der Waals surface area contributed by atoms with Gasteiger partial charge in [-0.3, -0.25) is 9.78 Å². The number of hydrogen-bond acceptors (Lipinski definition) is 5. The van der Waals surface area contributed by atoms with Crippen LogP contribution in [0.3, 0.4) is 0 Å². The zero-order valence-corrected chi connectivity index (χ0v) is 13.9. The van der Waals surface area contributed by atoms with Gasteiger partial charge in [0.25, 0.3) is 0 Å². The van der Waals surface area contributed by atoms with Gasteiger partial charge in [-0.15, -0.1) is 0 Å².